The number of amides is 3. The van der Waals surface area contributed by atoms with Gasteiger partial charge in [0.25, 0.3) is 5.91 Å². The van der Waals surface area contributed by atoms with E-state index in [0.717, 1.165) is 0 Å². The van der Waals surface area contributed by atoms with Gasteiger partial charge in [0, 0.05) is 6.04 Å². The number of hydrogen-bond acceptors (Lipinski definition) is 6. The number of rotatable bonds is 9. The summed E-state index contributed by atoms with van der Waals surface area (Å²) in [4.78, 5) is 35.9. The molecule has 0 radical (unpaired) electrons. The van der Waals surface area contributed by atoms with Crippen molar-refractivity contribution in [2.45, 2.75) is 26.3 Å². The number of hydrazone groups is 1. The largest absolute Gasteiger partial charge is 0.493 e. The SMILES string of the molecule is CC[C@@H](C)NC(=O)C(=O)N/N=C\c1cc(I)c(OCC(=O)Nc2cccc(Cl)c2Cl)c(OC)c1. The Bertz CT molecular complexity index is 1100. The van der Waals surface area contributed by atoms with Crippen LogP contribution in [0.3, 0.4) is 0 Å². The first kappa shape index (κ1) is 27.7. The molecule has 0 unspecified atom stereocenters. The van der Waals surface area contributed by atoms with Crippen molar-refractivity contribution in [1.82, 2.24) is 10.7 Å². The number of benzene rings is 2. The number of hydrogen-bond donors (Lipinski definition) is 3. The van der Waals surface area contributed by atoms with E-state index in [1.165, 1.54) is 13.3 Å². The molecule has 3 amide bonds. The normalized spacial score (nSPS) is 11.6. The number of halogens is 3. The molecule has 0 aliphatic heterocycles. The van der Waals surface area contributed by atoms with Gasteiger partial charge in [-0.05, 0) is 65.8 Å². The van der Waals surface area contributed by atoms with Crippen molar-refractivity contribution in [3.63, 3.8) is 0 Å². The summed E-state index contributed by atoms with van der Waals surface area (Å²) in [5, 5.41) is 9.54. The first-order valence-corrected chi connectivity index (χ1v) is 11.9. The highest BCUT2D eigenvalue weighted by molar-refractivity contribution is 14.1. The Morgan fingerprint density at radius 3 is 2.62 bits per heavy atom. The second-order valence-electron chi connectivity index (χ2n) is 6.95. The van der Waals surface area contributed by atoms with Gasteiger partial charge in [0.1, 0.15) is 0 Å². The van der Waals surface area contributed by atoms with Crippen molar-refractivity contribution in [3.05, 3.63) is 49.5 Å². The molecule has 182 valence electrons. The van der Waals surface area contributed by atoms with Gasteiger partial charge in [0.15, 0.2) is 18.1 Å². The highest BCUT2D eigenvalue weighted by Crippen LogP contribution is 2.34. The van der Waals surface area contributed by atoms with Crippen LogP contribution < -0.4 is 25.5 Å². The molecule has 12 heteroatoms. The maximum absolute atomic E-state index is 12.3. The summed E-state index contributed by atoms with van der Waals surface area (Å²) >= 11 is 14.1. The zero-order chi connectivity index (χ0) is 25.3. The summed E-state index contributed by atoms with van der Waals surface area (Å²) < 4.78 is 11.6. The van der Waals surface area contributed by atoms with E-state index in [4.69, 9.17) is 32.7 Å². The molecule has 0 bridgehead atoms. The van der Waals surface area contributed by atoms with E-state index >= 15 is 0 Å². The van der Waals surface area contributed by atoms with Gasteiger partial charge in [-0.1, -0.05) is 36.2 Å². The smallest absolute Gasteiger partial charge is 0.329 e. The molecule has 0 heterocycles. The van der Waals surface area contributed by atoms with Gasteiger partial charge in [0.2, 0.25) is 0 Å². The molecule has 2 rings (SSSR count). The zero-order valence-electron chi connectivity index (χ0n) is 18.6. The van der Waals surface area contributed by atoms with Crippen molar-refractivity contribution < 1.29 is 23.9 Å². The third-order valence-electron chi connectivity index (χ3n) is 4.40. The Balaban J connectivity index is 2.01. The van der Waals surface area contributed by atoms with Crippen LogP contribution in [0.4, 0.5) is 5.69 Å². The van der Waals surface area contributed by atoms with Crippen LogP contribution in [0, 0.1) is 3.57 Å². The molecule has 1 atom stereocenters. The van der Waals surface area contributed by atoms with Gasteiger partial charge in [0.05, 0.1) is 32.6 Å². The molecule has 0 saturated heterocycles. The summed E-state index contributed by atoms with van der Waals surface area (Å²) in [7, 11) is 1.45. The van der Waals surface area contributed by atoms with E-state index in [2.05, 4.69) is 21.2 Å². The summed E-state index contributed by atoms with van der Waals surface area (Å²) in [6, 6.07) is 8.10. The monoisotopic (exact) mass is 620 g/mol. The minimum absolute atomic E-state index is 0.120. The molecule has 2 aromatic rings. The fourth-order valence-electron chi connectivity index (χ4n) is 2.49. The maximum atomic E-state index is 12.3. The van der Waals surface area contributed by atoms with Crippen LogP contribution in [-0.2, 0) is 14.4 Å². The Labute approximate surface area is 220 Å². The molecule has 0 saturated carbocycles. The van der Waals surface area contributed by atoms with Gasteiger partial charge < -0.3 is 20.1 Å². The summed E-state index contributed by atoms with van der Waals surface area (Å²) in [6.45, 7) is 3.39. The number of anilines is 1. The third-order valence-corrected chi connectivity index (χ3v) is 6.02. The lowest BCUT2D eigenvalue weighted by molar-refractivity contribution is -0.139. The average Bonchev–Trinajstić information content (AvgIpc) is 2.80. The van der Waals surface area contributed by atoms with Crippen molar-refractivity contribution >= 4 is 75.4 Å². The van der Waals surface area contributed by atoms with Crippen LogP contribution in [0.15, 0.2) is 35.4 Å². The Hall–Kier alpha value is -2.57. The second-order valence-corrected chi connectivity index (χ2v) is 8.90. The van der Waals surface area contributed by atoms with Gasteiger partial charge in [-0.3, -0.25) is 14.4 Å². The number of carbonyl (C=O) groups excluding carboxylic acids is 3. The molecule has 0 aromatic heterocycles. The maximum Gasteiger partial charge on any atom is 0.329 e. The average molecular weight is 621 g/mol. The number of ether oxygens (including phenoxy) is 2. The summed E-state index contributed by atoms with van der Waals surface area (Å²) in [5.41, 5.74) is 3.12. The van der Waals surface area contributed by atoms with Crippen molar-refractivity contribution in [2.24, 2.45) is 5.10 Å². The molecule has 34 heavy (non-hydrogen) atoms. The first-order chi connectivity index (χ1) is 16.2. The predicted octanol–water partition coefficient (Wildman–Crippen LogP) is 3.99. The Morgan fingerprint density at radius 1 is 1.21 bits per heavy atom. The molecule has 3 N–H and O–H groups in total. The van der Waals surface area contributed by atoms with Gasteiger partial charge >= 0.3 is 11.8 Å². The number of nitrogens with one attached hydrogen (secondary N) is 3. The van der Waals surface area contributed by atoms with Gasteiger partial charge in [-0.25, -0.2) is 5.43 Å². The lowest BCUT2D eigenvalue weighted by Gasteiger charge is -2.14. The lowest BCUT2D eigenvalue weighted by atomic mass is 10.2. The molecule has 0 fully saturated rings. The zero-order valence-corrected chi connectivity index (χ0v) is 22.2. The Morgan fingerprint density at radius 2 is 1.94 bits per heavy atom. The van der Waals surface area contributed by atoms with E-state index in [-0.39, 0.29) is 17.7 Å². The molecular formula is C22H23Cl2IN4O5. The van der Waals surface area contributed by atoms with Gasteiger partial charge in [-0.15, -0.1) is 0 Å². The fraction of sp³-hybridized carbons (Fsp3) is 0.273. The minimum atomic E-state index is -0.871. The number of methoxy groups -OCH3 is 1. The fourth-order valence-corrected chi connectivity index (χ4v) is 3.62. The molecular weight excluding hydrogens is 598 g/mol. The number of nitrogens with zero attached hydrogens (tertiary/aromatic N) is 1. The van der Waals surface area contributed by atoms with E-state index in [1.54, 1.807) is 37.3 Å². The number of carbonyl (C=O) groups is 3. The minimum Gasteiger partial charge on any atom is -0.493 e. The third kappa shape index (κ3) is 8.03. The quantitative estimate of drug-likeness (QED) is 0.170. The van der Waals surface area contributed by atoms with E-state index in [0.29, 0.717) is 37.8 Å². The summed E-state index contributed by atoms with van der Waals surface area (Å²) in [6.07, 6.45) is 2.06. The van der Waals surface area contributed by atoms with E-state index in [1.807, 2.05) is 29.5 Å². The van der Waals surface area contributed by atoms with Crippen LogP contribution in [0.25, 0.3) is 0 Å². The highest BCUT2D eigenvalue weighted by atomic mass is 127. The van der Waals surface area contributed by atoms with Crippen molar-refractivity contribution in [3.8, 4) is 11.5 Å². The van der Waals surface area contributed by atoms with Crippen LogP contribution in [0.1, 0.15) is 25.8 Å². The van der Waals surface area contributed by atoms with E-state index in [9.17, 15) is 14.4 Å². The van der Waals surface area contributed by atoms with Crippen molar-refractivity contribution in [1.29, 1.82) is 0 Å². The molecule has 9 nitrogen and oxygen atoms in total. The standard InChI is InChI=1S/C22H23Cl2IN4O5/c1-4-12(2)27-21(31)22(32)29-26-10-13-8-15(25)20(17(9-13)33-3)34-11-18(30)28-16-7-5-6-14(23)19(16)24/h5-10,12H,4,11H2,1-3H3,(H,27,31)(H,28,30)(H,29,32)/b26-10-/t12-/m1/s1. The lowest BCUT2D eigenvalue weighted by Crippen LogP contribution is -2.41. The predicted molar refractivity (Wildman–Crippen MR) is 140 cm³/mol. The van der Waals surface area contributed by atoms with Gasteiger partial charge in [-0.2, -0.15) is 5.10 Å². The Kier molecular flexibility index (Phi) is 10.9. The molecule has 0 spiro atoms. The van der Waals surface area contributed by atoms with Crippen LogP contribution in [0.2, 0.25) is 10.0 Å². The van der Waals surface area contributed by atoms with E-state index < -0.39 is 17.7 Å². The van der Waals surface area contributed by atoms with Crippen molar-refractivity contribution in [2.75, 3.05) is 19.0 Å². The molecule has 0 aliphatic rings. The second kappa shape index (κ2) is 13.4. The summed E-state index contributed by atoms with van der Waals surface area (Å²) in [5.74, 6) is -1.37. The van der Waals surface area contributed by atoms with Crippen LogP contribution in [0.5, 0.6) is 11.5 Å². The molecule has 2 aromatic carbocycles. The first-order valence-electron chi connectivity index (χ1n) is 10.0. The highest BCUT2D eigenvalue weighted by Gasteiger charge is 2.16. The molecule has 0 aliphatic carbocycles. The van der Waals surface area contributed by atoms with Crippen LogP contribution >= 0.6 is 45.8 Å². The van der Waals surface area contributed by atoms with Crippen LogP contribution in [-0.4, -0.2) is 43.7 Å². The topological polar surface area (TPSA) is 118 Å².